The monoisotopic (exact) mass is 442 g/mol. The largest absolute Gasteiger partial charge is 0.450 e. The van der Waals surface area contributed by atoms with Crippen LogP contribution in [0.1, 0.15) is 19.7 Å². The van der Waals surface area contributed by atoms with E-state index < -0.39 is 12.2 Å². The molecule has 0 aliphatic carbocycles. The van der Waals surface area contributed by atoms with E-state index in [1.54, 1.807) is 26.0 Å². The molecule has 2 rings (SSSR count). The minimum atomic E-state index is -0.675. The molecule has 1 heterocycles. The second-order valence-corrected chi connectivity index (χ2v) is 6.15. The number of ether oxygens (including phenoxy) is 2. The van der Waals surface area contributed by atoms with E-state index in [1.807, 2.05) is 6.92 Å². The molecule has 0 fully saturated rings. The van der Waals surface area contributed by atoms with Gasteiger partial charge in [-0.1, -0.05) is 0 Å². The van der Waals surface area contributed by atoms with Crippen LogP contribution >= 0.6 is 24.4 Å². The quantitative estimate of drug-likeness (QED) is 0.446. The Kier molecular flexibility index (Phi) is 9.18. The number of aromatic nitrogens is 2. The van der Waals surface area contributed by atoms with Crippen molar-refractivity contribution in [3.63, 3.8) is 0 Å². The summed E-state index contributed by atoms with van der Waals surface area (Å²) in [5.74, 6) is 0.720. The van der Waals surface area contributed by atoms with Crippen molar-refractivity contribution >= 4 is 69.3 Å². The first-order valence-electron chi connectivity index (χ1n) is 8.32. The first-order chi connectivity index (χ1) is 13.3. The van der Waals surface area contributed by atoms with Gasteiger partial charge >= 0.3 is 12.2 Å². The van der Waals surface area contributed by atoms with Gasteiger partial charge in [0.1, 0.15) is 5.82 Å². The summed E-state index contributed by atoms with van der Waals surface area (Å²) in [4.78, 5) is 30.5. The number of carbonyl (C=O) groups is 2. The fraction of sp³-hybridized carbons (Fsp3) is 0.312. The standard InChI is InChI=1S/C16H20N6O4S2.H2O/c1-4-25-15(23)21-13(27)19-11-6-9-10(18-8(3)17-9)7-12(11)20-14(28)22-16(24)26-5-2;/h6-7H,4-5H2,1-3H3,(H,17,18)(H2,19,21,23,27)(H2,20,22,24,28);1H2. The van der Waals surface area contributed by atoms with Crippen LogP contribution in [-0.2, 0) is 9.47 Å². The Bertz CT molecular complexity index is 846. The van der Waals surface area contributed by atoms with Crippen molar-refractivity contribution in [3.8, 4) is 0 Å². The maximum Gasteiger partial charge on any atom is 0.413 e. The third kappa shape index (κ3) is 7.14. The lowest BCUT2D eigenvalue weighted by atomic mass is 10.2. The van der Waals surface area contributed by atoms with Crippen LogP contribution < -0.4 is 21.3 Å². The highest BCUT2D eigenvalue weighted by molar-refractivity contribution is 7.80. The minimum absolute atomic E-state index is 0. The van der Waals surface area contributed by atoms with Gasteiger partial charge in [-0.05, 0) is 57.3 Å². The summed E-state index contributed by atoms with van der Waals surface area (Å²) in [6.45, 7) is 5.62. The maximum absolute atomic E-state index is 11.5. The van der Waals surface area contributed by atoms with Crippen LogP contribution in [0.5, 0.6) is 0 Å². The molecule has 0 aliphatic heterocycles. The van der Waals surface area contributed by atoms with Gasteiger partial charge in [-0.3, -0.25) is 10.6 Å². The number of alkyl carbamates (subject to hydrolysis) is 2. The molecule has 0 aliphatic rings. The number of thiocarbonyl (C=S) groups is 2. The molecule has 158 valence electrons. The summed E-state index contributed by atoms with van der Waals surface area (Å²) < 4.78 is 9.59. The summed E-state index contributed by atoms with van der Waals surface area (Å²) in [7, 11) is 0. The van der Waals surface area contributed by atoms with Gasteiger partial charge in [0.2, 0.25) is 0 Å². The van der Waals surface area contributed by atoms with Crippen molar-refractivity contribution in [2.75, 3.05) is 23.8 Å². The Morgan fingerprint density at radius 3 is 1.97 bits per heavy atom. The van der Waals surface area contributed by atoms with Crippen LogP contribution in [0.15, 0.2) is 12.1 Å². The number of rotatable bonds is 4. The van der Waals surface area contributed by atoms with Gasteiger partial charge < -0.3 is 30.6 Å². The number of aromatic amines is 1. The molecule has 0 saturated heterocycles. The van der Waals surface area contributed by atoms with Crippen LogP contribution in [0, 0.1) is 6.92 Å². The van der Waals surface area contributed by atoms with Crippen LogP contribution in [0.4, 0.5) is 21.0 Å². The smallest absolute Gasteiger partial charge is 0.413 e. The molecule has 0 atom stereocenters. The predicted molar refractivity (Wildman–Crippen MR) is 117 cm³/mol. The molecule has 1 aromatic carbocycles. The molecular weight excluding hydrogens is 420 g/mol. The molecular formula is C16H22N6O5S2. The van der Waals surface area contributed by atoms with Crippen molar-refractivity contribution in [3.05, 3.63) is 18.0 Å². The molecule has 11 nitrogen and oxygen atoms in total. The average Bonchev–Trinajstić information content (AvgIpc) is 2.94. The molecule has 0 saturated carbocycles. The zero-order chi connectivity index (χ0) is 20.7. The molecule has 29 heavy (non-hydrogen) atoms. The number of benzene rings is 1. The van der Waals surface area contributed by atoms with Crippen LogP contribution in [-0.4, -0.2) is 51.1 Å². The number of hydrogen-bond donors (Lipinski definition) is 5. The lowest BCUT2D eigenvalue weighted by Crippen LogP contribution is -2.36. The topological polar surface area (TPSA) is 161 Å². The fourth-order valence-corrected chi connectivity index (χ4v) is 2.60. The van der Waals surface area contributed by atoms with E-state index in [2.05, 4.69) is 31.2 Å². The first-order valence-corrected chi connectivity index (χ1v) is 9.13. The average molecular weight is 443 g/mol. The second kappa shape index (κ2) is 11.1. The number of fused-ring (bicyclic) bond motifs is 1. The number of nitrogens with zero attached hydrogens (tertiary/aromatic N) is 1. The molecule has 2 aromatic rings. The number of anilines is 2. The summed E-state index contributed by atoms with van der Waals surface area (Å²) in [6.07, 6.45) is -1.35. The van der Waals surface area contributed by atoms with E-state index in [0.717, 1.165) is 11.3 Å². The molecule has 7 N–H and O–H groups in total. The summed E-state index contributed by atoms with van der Waals surface area (Å²) in [5, 5.41) is 10.6. The Morgan fingerprint density at radius 2 is 1.48 bits per heavy atom. The second-order valence-electron chi connectivity index (χ2n) is 5.34. The summed E-state index contributed by atoms with van der Waals surface area (Å²) >= 11 is 10.3. The maximum atomic E-state index is 11.5. The van der Waals surface area contributed by atoms with E-state index >= 15 is 0 Å². The summed E-state index contributed by atoms with van der Waals surface area (Å²) in [6, 6.07) is 3.46. The van der Waals surface area contributed by atoms with Crippen molar-refractivity contribution in [1.29, 1.82) is 0 Å². The highest BCUT2D eigenvalue weighted by Gasteiger charge is 2.13. The van der Waals surface area contributed by atoms with Gasteiger partial charge in [0.25, 0.3) is 0 Å². The number of amides is 2. The molecule has 0 spiro atoms. The van der Waals surface area contributed by atoms with Crippen molar-refractivity contribution in [2.45, 2.75) is 20.8 Å². The number of carbonyl (C=O) groups excluding carboxylic acids is 2. The number of nitrogens with one attached hydrogen (secondary N) is 5. The molecule has 2 amide bonds. The van der Waals surface area contributed by atoms with Crippen LogP contribution in [0.3, 0.4) is 0 Å². The van der Waals surface area contributed by atoms with Gasteiger partial charge in [-0.15, -0.1) is 0 Å². The SMILES string of the molecule is CCOC(=O)NC(=S)Nc1cc2nc(C)[nH]c2cc1NC(=S)NC(=O)OCC.O. The van der Waals surface area contributed by atoms with Crippen molar-refractivity contribution in [2.24, 2.45) is 0 Å². The lowest BCUT2D eigenvalue weighted by Gasteiger charge is -2.16. The summed E-state index contributed by atoms with van der Waals surface area (Å²) in [5.41, 5.74) is 2.39. The number of hydrogen-bond acceptors (Lipinski definition) is 7. The Hall–Kier alpha value is -3.03. The van der Waals surface area contributed by atoms with Crippen LogP contribution in [0.2, 0.25) is 0 Å². The molecule has 0 unspecified atom stereocenters. The zero-order valence-electron chi connectivity index (χ0n) is 16.0. The predicted octanol–water partition coefficient (Wildman–Crippen LogP) is 1.93. The van der Waals surface area contributed by atoms with Gasteiger partial charge in [-0.25, -0.2) is 14.6 Å². The van der Waals surface area contributed by atoms with Crippen molar-refractivity contribution in [1.82, 2.24) is 20.6 Å². The molecule has 13 heteroatoms. The highest BCUT2D eigenvalue weighted by atomic mass is 32.1. The Balaban J connectivity index is 0.00000420. The van der Waals surface area contributed by atoms with Gasteiger partial charge in [0.15, 0.2) is 10.2 Å². The van der Waals surface area contributed by atoms with E-state index in [-0.39, 0.29) is 28.9 Å². The van der Waals surface area contributed by atoms with Gasteiger partial charge in [0, 0.05) is 0 Å². The number of aryl methyl sites for hydroxylation is 1. The number of imidazole rings is 1. The van der Waals surface area contributed by atoms with E-state index in [9.17, 15) is 9.59 Å². The zero-order valence-corrected chi connectivity index (χ0v) is 17.6. The lowest BCUT2D eigenvalue weighted by molar-refractivity contribution is 0.157. The fourth-order valence-electron chi connectivity index (χ4n) is 2.22. The Morgan fingerprint density at radius 1 is 1.00 bits per heavy atom. The molecule has 0 radical (unpaired) electrons. The van der Waals surface area contributed by atoms with Gasteiger partial charge in [0.05, 0.1) is 35.6 Å². The Labute approximate surface area is 177 Å². The van der Waals surface area contributed by atoms with E-state index in [0.29, 0.717) is 16.9 Å². The highest BCUT2D eigenvalue weighted by Crippen LogP contribution is 2.27. The van der Waals surface area contributed by atoms with Crippen molar-refractivity contribution < 1.29 is 24.5 Å². The third-order valence-corrected chi connectivity index (χ3v) is 3.63. The third-order valence-electron chi connectivity index (χ3n) is 3.22. The minimum Gasteiger partial charge on any atom is -0.450 e. The van der Waals surface area contributed by atoms with E-state index in [4.69, 9.17) is 33.9 Å². The molecule has 0 bridgehead atoms. The first kappa shape index (κ1) is 24.0. The molecule has 1 aromatic heterocycles. The normalized spacial score (nSPS) is 9.76. The number of H-pyrrole nitrogens is 1. The van der Waals surface area contributed by atoms with Gasteiger partial charge in [-0.2, -0.15) is 0 Å². The van der Waals surface area contributed by atoms with Crippen LogP contribution in [0.25, 0.3) is 11.0 Å². The van der Waals surface area contributed by atoms with E-state index in [1.165, 1.54) is 0 Å².